The van der Waals surface area contributed by atoms with Crippen molar-refractivity contribution < 1.29 is 4.74 Å². The van der Waals surface area contributed by atoms with Gasteiger partial charge in [-0.15, -0.1) is 6.42 Å². The molecule has 2 heteroatoms. The van der Waals surface area contributed by atoms with Gasteiger partial charge in [-0.25, -0.2) is 0 Å². The molecular formula is C10H15NO. The van der Waals surface area contributed by atoms with E-state index in [1.807, 2.05) is 0 Å². The Bertz CT molecular complexity index is 185. The summed E-state index contributed by atoms with van der Waals surface area (Å²) < 4.78 is 5.54. The van der Waals surface area contributed by atoms with Crippen LogP contribution in [0.1, 0.15) is 25.7 Å². The van der Waals surface area contributed by atoms with E-state index in [1.165, 1.54) is 12.8 Å². The fourth-order valence-electron chi connectivity index (χ4n) is 2.31. The van der Waals surface area contributed by atoms with Gasteiger partial charge in [0.15, 0.2) is 0 Å². The summed E-state index contributed by atoms with van der Waals surface area (Å²) in [6.07, 6.45) is 10.5. The second kappa shape index (κ2) is 3.47. The highest BCUT2D eigenvalue weighted by Crippen LogP contribution is 2.28. The molecule has 1 unspecified atom stereocenters. The maximum Gasteiger partial charge on any atom is 0.107 e. The van der Waals surface area contributed by atoms with Gasteiger partial charge < -0.3 is 10.1 Å². The molecule has 66 valence electrons. The Morgan fingerprint density at radius 2 is 2.00 bits per heavy atom. The maximum atomic E-state index is 5.54. The van der Waals surface area contributed by atoms with E-state index >= 15 is 0 Å². The molecule has 0 aromatic heterocycles. The molecule has 3 atom stereocenters. The predicted molar refractivity (Wildman–Crippen MR) is 47.8 cm³/mol. The molecule has 0 aromatic carbocycles. The standard InChI is InChI=1S/C10H15NO/c1-2-5-12-10-6-8-3-4-9(7-10)11-8/h1,8-11H,3-7H2/t8-,9+,10?. The Hall–Kier alpha value is -0.520. The van der Waals surface area contributed by atoms with Gasteiger partial charge in [0.1, 0.15) is 6.61 Å². The molecule has 0 radical (unpaired) electrons. The third-order valence-electron chi connectivity index (χ3n) is 2.83. The number of rotatable bonds is 2. The topological polar surface area (TPSA) is 21.3 Å². The van der Waals surface area contributed by atoms with Crippen LogP contribution in [-0.2, 0) is 4.74 Å². The molecule has 2 nitrogen and oxygen atoms in total. The van der Waals surface area contributed by atoms with Gasteiger partial charge >= 0.3 is 0 Å². The number of hydrogen-bond acceptors (Lipinski definition) is 2. The largest absolute Gasteiger partial charge is 0.365 e. The van der Waals surface area contributed by atoms with E-state index in [4.69, 9.17) is 11.2 Å². The lowest BCUT2D eigenvalue weighted by Gasteiger charge is -2.28. The van der Waals surface area contributed by atoms with Crippen molar-refractivity contribution in [3.63, 3.8) is 0 Å². The van der Waals surface area contributed by atoms with E-state index in [0.29, 0.717) is 24.8 Å². The monoisotopic (exact) mass is 165 g/mol. The summed E-state index contributed by atoms with van der Waals surface area (Å²) in [7, 11) is 0. The van der Waals surface area contributed by atoms with Crippen LogP contribution in [0.4, 0.5) is 0 Å². The van der Waals surface area contributed by atoms with Gasteiger partial charge in [0.25, 0.3) is 0 Å². The van der Waals surface area contributed by atoms with Gasteiger partial charge in [0.2, 0.25) is 0 Å². The summed E-state index contributed by atoms with van der Waals surface area (Å²) in [4.78, 5) is 0. The first-order chi connectivity index (χ1) is 5.88. The highest BCUT2D eigenvalue weighted by molar-refractivity contribution is 4.93. The van der Waals surface area contributed by atoms with Crippen LogP contribution in [0.5, 0.6) is 0 Å². The molecule has 0 saturated carbocycles. The lowest BCUT2D eigenvalue weighted by atomic mass is 10.0. The van der Waals surface area contributed by atoms with Gasteiger partial charge in [-0.3, -0.25) is 0 Å². The zero-order valence-electron chi connectivity index (χ0n) is 7.25. The van der Waals surface area contributed by atoms with Gasteiger partial charge in [-0.1, -0.05) is 5.92 Å². The number of nitrogens with one attached hydrogen (secondary N) is 1. The summed E-state index contributed by atoms with van der Waals surface area (Å²) in [5.74, 6) is 2.52. The highest BCUT2D eigenvalue weighted by atomic mass is 16.5. The number of piperidine rings is 1. The maximum absolute atomic E-state index is 5.54. The minimum absolute atomic E-state index is 0.416. The highest BCUT2D eigenvalue weighted by Gasteiger charge is 2.33. The lowest BCUT2D eigenvalue weighted by Crippen LogP contribution is -2.41. The molecule has 12 heavy (non-hydrogen) atoms. The van der Waals surface area contributed by atoms with Crippen LogP contribution < -0.4 is 5.32 Å². The third-order valence-corrected chi connectivity index (χ3v) is 2.83. The molecule has 2 heterocycles. The number of hydrogen-bond donors (Lipinski definition) is 1. The Kier molecular flexibility index (Phi) is 2.34. The predicted octanol–water partition coefficient (Wildman–Crippen LogP) is 0.919. The molecule has 1 N–H and O–H groups in total. The van der Waals surface area contributed by atoms with E-state index in [-0.39, 0.29) is 0 Å². The van der Waals surface area contributed by atoms with Crippen LogP contribution in [0, 0.1) is 12.3 Å². The Morgan fingerprint density at radius 1 is 1.33 bits per heavy atom. The summed E-state index contributed by atoms with van der Waals surface area (Å²) in [5, 5.41) is 3.57. The van der Waals surface area contributed by atoms with Crippen LogP contribution in [0.3, 0.4) is 0 Å². The first kappa shape index (κ1) is 8.10. The van der Waals surface area contributed by atoms with E-state index in [2.05, 4.69) is 11.2 Å². The van der Waals surface area contributed by atoms with Gasteiger partial charge in [0.05, 0.1) is 6.10 Å². The van der Waals surface area contributed by atoms with Gasteiger partial charge in [-0.2, -0.15) is 0 Å². The quantitative estimate of drug-likeness (QED) is 0.614. The van der Waals surface area contributed by atoms with E-state index in [0.717, 1.165) is 12.8 Å². The summed E-state index contributed by atoms with van der Waals surface area (Å²) in [6, 6.07) is 1.40. The molecule has 2 rings (SSSR count). The molecule has 2 saturated heterocycles. The summed E-state index contributed by atoms with van der Waals surface area (Å²) in [6.45, 7) is 0.476. The van der Waals surface area contributed by atoms with Crippen molar-refractivity contribution in [3.8, 4) is 12.3 Å². The average molecular weight is 165 g/mol. The smallest absolute Gasteiger partial charge is 0.107 e. The molecule has 0 aromatic rings. The van der Waals surface area contributed by atoms with Crippen LogP contribution in [-0.4, -0.2) is 24.8 Å². The van der Waals surface area contributed by atoms with Gasteiger partial charge in [0, 0.05) is 12.1 Å². The van der Waals surface area contributed by atoms with Crippen LogP contribution >= 0.6 is 0 Å². The van der Waals surface area contributed by atoms with Crippen molar-refractivity contribution in [1.82, 2.24) is 5.32 Å². The van der Waals surface area contributed by atoms with E-state index in [1.54, 1.807) is 0 Å². The molecular weight excluding hydrogens is 150 g/mol. The molecule has 0 spiro atoms. The minimum Gasteiger partial charge on any atom is -0.365 e. The normalized spacial score (nSPS) is 39.4. The first-order valence-electron chi connectivity index (χ1n) is 4.69. The van der Waals surface area contributed by atoms with Gasteiger partial charge in [-0.05, 0) is 25.7 Å². The van der Waals surface area contributed by atoms with Crippen molar-refractivity contribution >= 4 is 0 Å². The second-order valence-corrected chi connectivity index (χ2v) is 3.75. The second-order valence-electron chi connectivity index (χ2n) is 3.75. The van der Waals surface area contributed by atoms with Crippen LogP contribution in [0.15, 0.2) is 0 Å². The Morgan fingerprint density at radius 3 is 2.58 bits per heavy atom. The van der Waals surface area contributed by atoms with Crippen molar-refractivity contribution in [2.75, 3.05) is 6.61 Å². The van der Waals surface area contributed by atoms with E-state index < -0.39 is 0 Å². The molecule has 2 aliphatic rings. The Balaban J connectivity index is 1.82. The third kappa shape index (κ3) is 1.63. The van der Waals surface area contributed by atoms with E-state index in [9.17, 15) is 0 Å². The summed E-state index contributed by atoms with van der Waals surface area (Å²) >= 11 is 0. The minimum atomic E-state index is 0.416. The SMILES string of the molecule is C#CCOC1C[C@H]2CC[C@@H](C1)N2. The van der Waals surface area contributed by atoms with Crippen LogP contribution in [0.25, 0.3) is 0 Å². The molecule has 2 aliphatic heterocycles. The summed E-state index contributed by atoms with van der Waals surface area (Å²) in [5.41, 5.74) is 0. The zero-order chi connectivity index (χ0) is 8.39. The van der Waals surface area contributed by atoms with Crippen molar-refractivity contribution in [1.29, 1.82) is 0 Å². The molecule has 2 fully saturated rings. The lowest BCUT2D eigenvalue weighted by molar-refractivity contribution is 0.0403. The van der Waals surface area contributed by atoms with Crippen molar-refractivity contribution in [2.45, 2.75) is 43.9 Å². The zero-order valence-corrected chi connectivity index (χ0v) is 7.25. The fraction of sp³-hybridized carbons (Fsp3) is 0.800. The average Bonchev–Trinajstić information content (AvgIpc) is 2.42. The molecule has 0 amide bonds. The van der Waals surface area contributed by atoms with Crippen molar-refractivity contribution in [3.05, 3.63) is 0 Å². The fourth-order valence-corrected chi connectivity index (χ4v) is 2.31. The number of terminal acetylenes is 1. The first-order valence-corrected chi connectivity index (χ1v) is 4.69. The number of ether oxygens (including phenoxy) is 1. The van der Waals surface area contributed by atoms with Crippen molar-refractivity contribution in [2.24, 2.45) is 0 Å². The van der Waals surface area contributed by atoms with Crippen LogP contribution in [0.2, 0.25) is 0 Å². The molecule has 0 aliphatic carbocycles. The number of fused-ring (bicyclic) bond motifs is 2. The molecule has 2 bridgehead atoms. The Labute approximate surface area is 73.7 Å².